The fourth-order valence-corrected chi connectivity index (χ4v) is 3.61. The third-order valence-corrected chi connectivity index (χ3v) is 4.35. The zero-order valence-electron chi connectivity index (χ0n) is 7.58. The van der Waals surface area contributed by atoms with E-state index in [4.69, 9.17) is 11.6 Å². The van der Waals surface area contributed by atoms with Crippen molar-refractivity contribution < 1.29 is 22.0 Å². The summed E-state index contributed by atoms with van der Waals surface area (Å²) in [4.78, 5) is -0.232. The van der Waals surface area contributed by atoms with E-state index >= 15 is 0 Å². The summed E-state index contributed by atoms with van der Waals surface area (Å²) in [6, 6.07) is 0. The first kappa shape index (κ1) is 12.8. The van der Waals surface area contributed by atoms with Crippen molar-refractivity contribution >= 4 is 38.3 Å². The SMILES string of the molecule is Fc1c(F)c(F)c(C2=C(Cl)NSS2)c(F)c1F. The van der Waals surface area contributed by atoms with E-state index in [0.29, 0.717) is 0 Å². The Morgan fingerprint density at radius 3 is 1.71 bits per heavy atom. The van der Waals surface area contributed by atoms with Crippen LogP contribution in [0, 0.1) is 29.1 Å². The highest BCUT2D eigenvalue weighted by molar-refractivity contribution is 8.80. The quantitative estimate of drug-likeness (QED) is 0.209. The van der Waals surface area contributed by atoms with E-state index in [9.17, 15) is 22.0 Å². The molecule has 0 unspecified atom stereocenters. The van der Waals surface area contributed by atoms with Gasteiger partial charge in [-0.25, -0.2) is 22.0 Å². The first-order valence-corrected chi connectivity index (χ1v) is 6.49. The second-order valence-corrected chi connectivity index (χ2v) is 5.18. The molecule has 92 valence electrons. The Hall–Kier alpha value is -0.600. The van der Waals surface area contributed by atoms with Crippen LogP contribution >= 0.6 is 33.4 Å². The van der Waals surface area contributed by atoms with Gasteiger partial charge in [0.25, 0.3) is 0 Å². The molecule has 9 heteroatoms. The normalized spacial score (nSPS) is 15.4. The lowest BCUT2D eigenvalue weighted by Crippen LogP contribution is -2.06. The number of benzene rings is 1. The molecule has 1 aliphatic heterocycles. The Morgan fingerprint density at radius 1 is 0.824 bits per heavy atom. The molecule has 0 fully saturated rings. The van der Waals surface area contributed by atoms with Gasteiger partial charge in [-0.2, -0.15) is 0 Å². The first-order valence-electron chi connectivity index (χ1n) is 3.96. The van der Waals surface area contributed by atoms with E-state index < -0.39 is 34.6 Å². The van der Waals surface area contributed by atoms with Crippen LogP contribution in [0.2, 0.25) is 0 Å². The standard InChI is InChI=1S/C8HClF5NS2/c9-8-7(16-17-15-8)1-2(10)4(12)6(14)5(13)3(1)11/h15H. The molecule has 1 aromatic carbocycles. The number of nitrogens with one attached hydrogen (secondary N) is 1. The summed E-state index contributed by atoms with van der Waals surface area (Å²) in [5.41, 5.74) is -1.02. The Bertz CT molecular complexity index is 504. The molecule has 0 bridgehead atoms. The van der Waals surface area contributed by atoms with Crippen LogP contribution in [0.1, 0.15) is 5.56 Å². The van der Waals surface area contributed by atoms with Crippen LogP contribution in [0.5, 0.6) is 0 Å². The van der Waals surface area contributed by atoms with Crippen LogP contribution < -0.4 is 4.72 Å². The highest BCUT2D eigenvalue weighted by Gasteiger charge is 2.31. The second kappa shape index (κ2) is 4.58. The summed E-state index contributed by atoms with van der Waals surface area (Å²) in [6.45, 7) is 0. The monoisotopic (exact) mass is 305 g/mol. The zero-order chi connectivity index (χ0) is 12.7. The molecule has 0 saturated heterocycles. The van der Waals surface area contributed by atoms with E-state index in [2.05, 4.69) is 4.72 Å². The third kappa shape index (κ3) is 1.98. The van der Waals surface area contributed by atoms with Gasteiger partial charge in [-0.15, -0.1) is 0 Å². The molecule has 0 aromatic heterocycles. The number of halogens is 6. The van der Waals surface area contributed by atoms with Gasteiger partial charge in [-0.1, -0.05) is 11.6 Å². The van der Waals surface area contributed by atoms with Crippen LogP contribution in [0.25, 0.3) is 4.91 Å². The van der Waals surface area contributed by atoms with Crippen molar-refractivity contribution in [2.45, 2.75) is 0 Å². The van der Waals surface area contributed by atoms with Crippen molar-refractivity contribution in [3.8, 4) is 0 Å². The maximum atomic E-state index is 13.4. The molecule has 1 N–H and O–H groups in total. The van der Waals surface area contributed by atoms with E-state index in [1.807, 2.05) is 0 Å². The van der Waals surface area contributed by atoms with Gasteiger partial charge in [0.1, 0.15) is 5.16 Å². The van der Waals surface area contributed by atoms with Crippen LogP contribution in [0.4, 0.5) is 22.0 Å². The summed E-state index contributed by atoms with van der Waals surface area (Å²) in [7, 11) is 1.68. The molecular formula is C8HClF5NS2. The Balaban J connectivity index is 2.75. The highest BCUT2D eigenvalue weighted by atomic mass is 35.5. The van der Waals surface area contributed by atoms with E-state index in [-0.39, 0.29) is 10.1 Å². The third-order valence-electron chi connectivity index (χ3n) is 1.89. The van der Waals surface area contributed by atoms with Gasteiger partial charge in [0.2, 0.25) is 5.82 Å². The summed E-state index contributed by atoms with van der Waals surface area (Å²) >= 11 is 5.56. The van der Waals surface area contributed by atoms with Gasteiger partial charge >= 0.3 is 0 Å². The fraction of sp³-hybridized carbons (Fsp3) is 0. The first-order chi connectivity index (χ1) is 7.95. The van der Waals surface area contributed by atoms with Gasteiger partial charge in [-0.05, 0) is 10.8 Å². The zero-order valence-corrected chi connectivity index (χ0v) is 9.97. The predicted octanol–water partition coefficient (Wildman–Crippen LogP) is 4.15. The molecule has 1 aliphatic rings. The van der Waals surface area contributed by atoms with Gasteiger partial charge in [0.05, 0.1) is 10.5 Å². The van der Waals surface area contributed by atoms with Crippen LogP contribution in [-0.2, 0) is 0 Å². The lowest BCUT2D eigenvalue weighted by atomic mass is 10.1. The minimum Gasteiger partial charge on any atom is -0.310 e. The average molecular weight is 306 g/mol. The maximum Gasteiger partial charge on any atom is 0.200 e. The topological polar surface area (TPSA) is 12.0 Å². The van der Waals surface area contributed by atoms with Gasteiger partial charge < -0.3 is 4.72 Å². The summed E-state index contributed by atoms with van der Waals surface area (Å²) in [6.07, 6.45) is 0. The van der Waals surface area contributed by atoms with Crippen molar-refractivity contribution in [3.05, 3.63) is 39.8 Å². The van der Waals surface area contributed by atoms with Gasteiger partial charge in [0.15, 0.2) is 23.3 Å². The lowest BCUT2D eigenvalue weighted by Gasteiger charge is -2.07. The molecule has 0 radical (unpaired) electrons. The second-order valence-electron chi connectivity index (χ2n) is 2.86. The van der Waals surface area contributed by atoms with Crippen LogP contribution in [-0.4, -0.2) is 0 Å². The molecule has 0 spiro atoms. The molecule has 2 rings (SSSR count). The van der Waals surface area contributed by atoms with Gasteiger partial charge in [-0.3, -0.25) is 0 Å². The Kier molecular flexibility index (Phi) is 3.46. The molecule has 0 aliphatic carbocycles. The molecule has 1 heterocycles. The van der Waals surface area contributed by atoms with Crippen molar-refractivity contribution in [3.63, 3.8) is 0 Å². The molecule has 1 nitrogen and oxygen atoms in total. The van der Waals surface area contributed by atoms with Crippen molar-refractivity contribution in [2.75, 3.05) is 0 Å². The van der Waals surface area contributed by atoms with Gasteiger partial charge in [0, 0.05) is 11.0 Å². The van der Waals surface area contributed by atoms with Crippen molar-refractivity contribution in [1.82, 2.24) is 4.72 Å². The fourth-order valence-electron chi connectivity index (χ4n) is 1.14. The molecule has 17 heavy (non-hydrogen) atoms. The minimum atomic E-state index is -2.19. The summed E-state index contributed by atoms with van der Waals surface area (Å²) < 4.78 is 67.8. The van der Waals surface area contributed by atoms with E-state index in [1.54, 1.807) is 0 Å². The van der Waals surface area contributed by atoms with Crippen molar-refractivity contribution in [2.24, 2.45) is 0 Å². The number of hydrogen-bond acceptors (Lipinski definition) is 3. The summed E-state index contributed by atoms with van der Waals surface area (Å²) in [5.74, 6) is -9.97. The molecular weight excluding hydrogens is 305 g/mol. The number of hydrogen-bond donors (Lipinski definition) is 1. The maximum absolute atomic E-state index is 13.4. The summed E-state index contributed by atoms with van der Waals surface area (Å²) in [5, 5.41) is -0.178. The average Bonchev–Trinajstić information content (AvgIpc) is 2.71. The molecule has 0 amide bonds. The molecule has 0 atom stereocenters. The van der Waals surface area contributed by atoms with E-state index in [0.717, 1.165) is 21.8 Å². The Labute approximate surface area is 105 Å². The molecule has 0 saturated carbocycles. The lowest BCUT2D eigenvalue weighted by molar-refractivity contribution is 0.376. The van der Waals surface area contributed by atoms with Crippen LogP contribution in [0.3, 0.4) is 0 Å². The number of rotatable bonds is 1. The molecule has 1 aromatic rings. The smallest absolute Gasteiger partial charge is 0.200 e. The van der Waals surface area contributed by atoms with Crippen LogP contribution in [0.15, 0.2) is 5.16 Å². The predicted molar refractivity (Wildman–Crippen MR) is 57.3 cm³/mol. The highest BCUT2D eigenvalue weighted by Crippen LogP contribution is 2.47. The largest absolute Gasteiger partial charge is 0.310 e. The van der Waals surface area contributed by atoms with Crippen molar-refractivity contribution in [1.29, 1.82) is 0 Å². The Morgan fingerprint density at radius 2 is 1.29 bits per heavy atom. The van der Waals surface area contributed by atoms with E-state index in [1.165, 1.54) is 0 Å². The minimum absolute atomic E-state index is 0.178.